The minimum atomic E-state index is -0.291. The van der Waals surface area contributed by atoms with Crippen LogP contribution in [0, 0.1) is 17.7 Å². The third-order valence-electron chi connectivity index (χ3n) is 5.06. The first-order valence-corrected chi connectivity index (χ1v) is 8.27. The summed E-state index contributed by atoms with van der Waals surface area (Å²) in [4.78, 5) is 21.8. The number of nitrogens with two attached hydrogens (primary N) is 1. The number of likely N-dealkylation sites (tertiary alicyclic amines) is 1. The molecule has 0 unspecified atom stereocenters. The van der Waals surface area contributed by atoms with Crippen molar-refractivity contribution in [2.45, 2.75) is 31.7 Å². The van der Waals surface area contributed by atoms with E-state index in [0.29, 0.717) is 30.8 Å². The zero-order chi connectivity index (χ0) is 16.0. The maximum atomic E-state index is 13.2. The van der Waals surface area contributed by atoms with Crippen molar-refractivity contribution in [3.63, 3.8) is 0 Å². The number of fused-ring (bicyclic) bond motifs is 1. The standard InChI is InChI=1S/C17H21FN4O/c18-11-3-4-14-15(7-11)21-16(20-14)5-6-17(23)22-8-12(10-1-2-10)13(19)9-22/h3-4,7,10,12-13H,1-2,5-6,8-9,19H2,(H,20,21)/t12-,13+/m0/s1. The Bertz CT molecular complexity index is 739. The maximum absolute atomic E-state index is 13.2. The van der Waals surface area contributed by atoms with Gasteiger partial charge in [-0.15, -0.1) is 0 Å². The first-order chi connectivity index (χ1) is 11.1. The first kappa shape index (κ1) is 14.6. The molecule has 5 nitrogen and oxygen atoms in total. The number of nitrogens with zero attached hydrogens (tertiary/aromatic N) is 2. The minimum absolute atomic E-state index is 0.126. The van der Waals surface area contributed by atoms with E-state index in [0.717, 1.165) is 23.8 Å². The van der Waals surface area contributed by atoms with Gasteiger partial charge in [-0.25, -0.2) is 9.37 Å². The number of aromatic nitrogens is 2. The van der Waals surface area contributed by atoms with E-state index in [1.54, 1.807) is 6.07 Å². The molecule has 1 amide bonds. The Balaban J connectivity index is 1.37. The Morgan fingerprint density at radius 3 is 3.00 bits per heavy atom. The summed E-state index contributed by atoms with van der Waals surface area (Å²) in [5, 5.41) is 0. The molecule has 6 heteroatoms. The molecule has 1 aliphatic heterocycles. The van der Waals surface area contributed by atoms with Crippen molar-refractivity contribution in [2.75, 3.05) is 13.1 Å². The second-order valence-electron chi connectivity index (χ2n) is 6.81. The monoisotopic (exact) mass is 316 g/mol. The molecule has 23 heavy (non-hydrogen) atoms. The molecule has 1 saturated heterocycles. The third-order valence-corrected chi connectivity index (χ3v) is 5.06. The molecule has 3 N–H and O–H groups in total. The van der Waals surface area contributed by atoms with E-state index < -0.39 is 0 Å². The summed E-state index contributed by atoms with van der Waals surface area (Å²) in [6.07, 6.45) is 3.47. The van der Waals surface area contributed by atoms with E-state index in [2.05, 4.69) is 9.97 Å². The molecule has 0 spiro atoms. The van der Waals surface area contributed by atoms with E-state index in [1.165, 1.54) is 25.0 Å². The van der Waals surface area contributed by atoms with Gasteiger partial charge in [-0.05, 0) is 42.9 Å². The van der Waals surface area contributed by atoms with Crippen LogP contribution in [0.3, 0.4) is 0 Å². The summed E-state index contributed by atoms with van der Waals surface area (Å²) in [7, 11) is 0. The molecule has 1 aromatic heterocycles. The molecular weight excluding hydrogens is 295 g/mol. The summed E-state index contributed by atoms with van der Waals surface area (Å²) in [6, 6.07) is 4.59. The van der Waals surface area contributed by atoms with Crippen molar-refractivity contribution >= 4 is 16.9 Å². The lowest BCUT2D eigenvalue weighted by atomic mass is 9.99. The number of amides is 1. The first-order valence-electron chi connectivity index (χ1n) is 8.27. The summed E-state index contributed by atoms with van der Waals surface area (Å²) >= 11 is 0. The van der Waals surface area contributed by atoms with Crippen LogP contribution in [0.2, 0.25) is 0 Å². The topological polar surface area (TPSA) is 75.0 Å². The van der Waals surface area contributed by atoms with Gasteiger partial charge in [-0.2, -0.15) is 0 Å². The van der Waals surface area contributed by atoms with Gasteiger partial charge in [0.15, 0.2) is 0 Å². The number of carbonyl (C=O) groups excluding carboxylic acids is 1. The van der Waals surface area contributed by atoms with Crippen LogP contribution in [0.4, 0.5) is 4.39 Å². The third kappa shape index (κ3) is 2.95. The van der Waals surface area contributed by atoms with Gasteiger partial charge in [-0.1, -0.05) is 0 Å². The van der Waals surface area contributed by atoms with Gasteiger partial charge in [0.2, 0.25) is 5.91 Å². The van der Waals surface area contributed by atoms with Gasteiger partial charge in [0.1, 0.15) is 11.6 Å². The lowest BCUT2D eigenvalue weighted by Crippen LogP contribution is -2.32. The van der Waals surface area contributed by atoms with Crippen LogP contribution < -0.4 is 5.73 Å². The number of aromatic amines is 1. The van der Waals surface area contributed by atoms with Crippen LogP contribution in [0.5, 0.6) is 0 Å². The normalized spacial score (nSPS) is 24.5. The number of nitrogens with one attached hydrogen (secondary N) is 1. The Morgan fingerprint density at radius 1 is 1.39 bits per heavy atom. The van der Waals surface area contributed by atoms with Crippen molar-refractivity contribution in [1.82, 2.24) is 14.9 Å². The van der Waals surface area contributed by atoms with Crippen LogP contribution in [0.25, 0.3) is 11.0 Å². The highest BCUT2D eigenvalue weighted by Gasteiger charge is 2.41. The van der Waals surface area contributed by atoms with E-state index in [-0.39, 0.29) is 17.8 Å². The smallest absolute Gasteiger partial charge is 0.223 e. The predicted octanol–water partition coefficient (Wildman–Crippen LogP) is 1.83. The number of H-pyrrole nitrogens is 1. The van der Waals surface area contributed by atoms with Gasteiger partial charge in [0.25, 0.3) is 0 Å². The molecule has 2 fully saturated rings. The number of aryl methyl sites for hydroxylation is 1. The molecular formula is C17H21FN4O. The van der Waals surface area contributed by atoms with Gasteiger partial charge in [0, 0.05) is 32.0 Å². The molecule has 2 aliphatic rings. The molecule has 4 rings (SSSR count). The van der Waals surface area contributed by atoms with Crippen molar-refractivity contribution in [3.8, 4) is 0 Å². The fourth-order valence-electron chi connectivity index (χ4n) is 3.62. The van der Waals surface area contributed by atoms with Crippen LogP contribution in [-0.2, 0) is 11.2 Å². The van der Waals surface area contributed by atoms with Crippen LogP contribution in [0.1, 0.15) is 25.1 Å². The number of imidazole rings is 1. The van der Waals surface area contributed by atoms with Crippen LogP contribution in [0.15, 0.2) is 18.2 Å². The molecule has 2 aromatic rings. The maximum Gasteiger partial charge on any atom is 0.223 e. The van der Waals surface area contributed by atoms with Gasteiger partial charge in [-0.3, -0.25) is 4.79 Å². The molecule has 1 aliphatic carbocycles. The minimum Gasteiger partial charge on any atom is -0.342 e. The van der Waals surface area contributed by atoms with Crippen molar-refractivity contribution in [1.29, 1.82) is 0 Å². The van der Waals surface area contributed by atoms with E-state index in [1.807, 2.05) is 4.90 Å². The molecule has 0 radical (unpaired) electrons. The fourth-order valence-corrected chi connectivity index (χ4v) is 3.62. The SMILES string of the molecule is N[C@@H]1CN(C(=O)CCc2nc3ccc(F)cc3[nH]2)C[C@H]1C1CC1. The second kappa shape index (κ2) is 5.60. The van der Waals surface area contributed by atoms with Gasteiger partial charge >= 0.3 is 0 Å². The van der Waals surface area contributed by atoms with E-state index in [9.17, 15) is 9.18 Å². The fraction of sp³-hybridized carbons (Fsp3) is 0.529. The summed E-state index contributed by atoms with van der Waals surface area (Å²) in [6.45, 7) is 1.47. The lowest BCUT2D eigenvalue weighted by Gasteiger charge is -2.15. The molecule has 1 aromatic carbocycles. The Hall–Kier alpha value is -1.95. The summed E-state index contributed by atoms with van der Waals surface area (Å²) in [5.74, 6) is 1.78. The molecule has 2 heterocycles. The highest BCUT2D eigenvalue weighted by molar-refractivity contribution is 5.77. The number of carbonyl (C=O) groups is 1. The second-order valence-corrected chi connectivity index (χ2v) is 6.81. The highest BCUT2D eigenvalue weighted by atomic mass is 19.1. The van der Waals surface area contributed by atoms with Gasteiger partial charge < -0.3 is 15.6 Å². The van der Waals surface area contributed by atoms with E-state index in [4.69, 9.17) is 5.73 Å². The zero-order valence-electron chi connectivity index (χ0n) is 13.0. The molecule has 0 bridgehead atoms. The highest BCUT2D eigenvalue weighted by Crippen LogP contribution is 2.40. The zero-order valence-corrected chi connectivity index (χ0v) is 13.0. The number of hydrogen-bond donors (Lipinski definition) is 2. The molecule has 1 saturated carbocycles. The van der Waals surface area contributed by atoms with E-state index >= 15 is 0 Å². The Kier molecular flexibility index (Phi) is 3.56. The molecule has 2 atom stereocenters. The van der Waals surface area contributed by atoms with Crippen LogP contribution >= 0.6 is 0 Å². The Morgan fingerprint density at radius 2 is 2.22 bits per heavy atom. The van der Waals surface area contributed by atoms with Crippen molar-refractivity contribution in [3.05, 3.63) is 29.8 Å². The lowest BCUT2D eigenvalue weighted by molar-refractivity contribution is -0.130. The number of benzene rings is 1. The quantitative estimate of drug-likeness (QED) is 0.903. The summed E-state index contributed by atoms with van der Waals surface area (Å²) < 4.78 is 13.2. The average molecular weight is 316 g/mol. The largest absolute Gasteiger partial charge is 0.342 e. The number of hydrogen-bond acceptors (Lipinski definition) is 3. The van der Waals surface area contributed by atoms with Crippen LogP contribution in [-0.4, -0.2) is 39.9 Å². The van der Waals surface area contributed by atoms with Gasteiger partial charge in [0.05, 0.1) is 11.0 Å². The summed E-state index contributed by atoms with van der Waals surface area (Å²) in [5.41, 5.74) is 7.57. The number of rotatable bonds is 4. The predicted molar refractivity (Wildman–Crippen MR) is 85.1 cm³/mol. The molecule has 122 valence electrons. The number of halogens is 1. The van der Waals surface area contributed by atoms with Crippen molar-refractivity contribution in [2.24, 2.45) is 17.6 Å². The average Bonchev–Trinajstić information content (AvgIpc) is 3.17. The van der Waals surface area contributed by atoms with Crippen molar-refractivity contribution < 1.29 is 9.18 Å². The Labute approximate surface area is 134 Å².